The number of ether oxygens (including phenoxy) is 2. The molecule has 4 rings (SSSR count). The smallest absolute Gasteiger partial charge is 0.341 e. The molecule has 4 aromatic rings. The molecule has 0 spiro atoms. The van der Waals surface area contributed by atoms with Gasteiger partial charge in [0.05, 0.1) is 0 Å². The van der Waals surface area contributed by atoms with Crippen LogP contribution in [-0.4, -0.2) is 24.8 Å². The summed E-state index contributed by atoms with van der Waals surface area (Å²) in [5, 5.41) is 9.74. The molecule has 0 bridgehead atoms. The van der Waals surface area contributed by atoms with E-state index < -0.39 is 18.2 Å². The molecule has 0 saturated heterocycles. The van der Waals surface area contributed by atoms with Crippen molar-refractivity contribution in [3.8, 4) is 5.75 Å². The first-order valence-corrected chi connectivity index (χ1v) is 9.19. The minimum absolute atomic E-state index is 0.377. The number of furan rings is 1. The number of para-hydroxylation sites is 1. The number of carboxylic acids is 1. The zero-order valence-electron chi connectivity index (χ0n) is 15.9. The van der Waals surface area contributed by atoms with Crippen LogP contribution in [0.1, 0.15) is 16.9 Å². The fourth-order valence-corrected chi connectivity index (χ4v) is 3.60. The second kappa shape index (κ2) is 7.81. The molecule has 5 nitrogen and oxygen atoms in total. The molecule has 0 unspecified atom stereocenters. The number of rotatable bonds is 7. The Balaban J connectivity index is 1.93. The molecule has 1 N–H and O–H groups in total. The van der Waals surface area contributed by atoms with E-state index in [4.69, 9.17) is 19.0 Å². The van der Waals surface area contributed by atoms with E-state index in [1.165, 1.54) is 0 Å². The lowest BCUT2D eigenvalue weighted by molar-refractivity contribution is -0.139. The van der Waals surface area contributed by atoms with E-state index in [9.17, 15) is 4.79 Å². The number of hydrogen-bond acceptors (Lipinski definition) is 4. The van der Waals surface area contributed by atoms with Gasteiger partial charge in [0.15, 0.2) is 23.5 Å². The van der Waals surface area contributed by atoms with Crippen molar-refractivity contribution in [2.75, 3.05) is 13.7 Å². The molecule has 1 aromatic heterocycles. The van der Waals surface area contributed by atoms with Crippen LogP contribution in [0.5, 0.6) is 5.75 Å². The van der Waals surface area contributed by atoms with Crippen molar-refractivity contribution in [1.29, 1.82) is 0 Å². The highest BCUT2D eigenvalue weighted by Crippen LogP contribution is 2.43. The third kappa shape index (κ3) is 3.37. The van der Waals surface area contributed by atoms with Crippen molar-refractivity contribution in [3.05, 3.63) is 102 Å². The van der Waals surface area contributed by atoms with Crippen LogP contribution in [0.25, 0.3) is 11.0 Å². The van der Waals surface area contributed by atoms with E-state index in [1.807, 2.05) is 72.8 Å². The summed E-state index contributed by atoms with van der Waals surface area (Å²) in [5.74, 6) is -0.0883. The lowest BCUT2D eigenvalue weighted by Crippen LogP contribution is -2.31. The maximum Gasteiger partial charge on any atom is 0.341 e. The topological polar surface area (TPSA) is 68.9 Å². The van der Waals surface area contributed by atoms with Crippen LogP contribution >= 0.6 is 0 Å². The number of hydrogen-bond donors (Lipinski definition) is 1. The lowest BCUT2D eigenvalue weighted by atomic mass is 9.84. The van der Waals surface area contributed by atoms with Crippen LogP contribution in [-0.2, 0) is 15.1 Å². The minimum Gasteiger partial charge on any atom is -0.479 e. The maximum absolute atomic E-state index is 10.9. The predicted octanol–water partition coefficient (Wildman–Crippen LogP) is 4.83. The molecule has 29 heavy (non-hydrogen) atoms. The summed E-state index contributed by atoms with van der Waals surface area (Å²) in [6.07, 6.45) is 0. The van der Waals surface area contributed by atoms with E-state index >= 15 is 0 Å². The maximum atomic E-state index is 10.9. The fourth-order valence-electron chi connectivity index (χ4n) is 3.60. The number of fused-ring (bicyclic) bond motifs is 1. The molecule has 1 heterocycles. The van der Waals surface area contributed by atoms with Crippen molar-refractivity contribution in [2.45, 2.75) is 5.60 Å². The molecule has 3 aromatic carbocycles. The normalized spacial score (nSPS) is 11.5. The lowest BCUT2D eigenvalue weighted by Gasteiger charge is -2.31. The molecule has 0 atom stereocenters. The van der Waals surface area contributed by atoms with Crippen molar-refractivity contribution in [2.24, 2.45) is 0 Å². The highest BCUT2D eigenvalue weighted by Gasteiger charge is 2.40. The van der Waals surface area contributed by atoms with Gasteiger partial charge in [-0.3, -0.25) is 0 Å². The van der Waals surface area contributed by atoms with E-state index in [2.05, 4.69) is 0 Å². The third-order valence-electron chi connectivity index (χ3n) is 4.87. The van der Waals surface area contributed by atoms with Crippen molar-refractivity contribution < 1.29 is 23.8 Å². The summed E-state index contributed by atoms with van der Waals surface area (Å²) >= 11 is 0. The Morgan fingerprint density at radius 1 is 0.931 bits per heavy atom. The monoisotopic (exact) mass is 388 g/mol. The van der Waals surface area contributed by atoms with Crippen molar-refractivity contribution in [1.82, 2.24) is 0 Å². The van der Waals surface area contributed by atoms with Crippen LogP contribution in [0.15, 0.2) is 89.3 Å². The molecular formula is C24H20O5. The number of methoxy groups -OCH3 is 1. The summed E-state index contributed by atoms with van der Waals surface area (Å²) in [4.78, 5) is 10.9. The number of carbonyl (C=O) groups is 1. The van der Waals surface area contributed by atoms with Gasteiger partial charge >= 0.3 is 5.97 Å². The van der Waals surface area contributed by atoms with Crippen LogP contribution in [0.2, 0.25) is 0 Å². The van der Waals surface area contributed by atoms with Gasteiger partial charge in [0, 0.05) is 12.5 Å². The van der Waals surface area contributed by atoms with Gasteiger partial charge in [-0.15, -0.1) is 0 Å². The predicted molar refractivity (Wildman–Crippen MR) is 109 cm³/mol. The Labute approximate surface area is 168 Å². The Morgan fingerprint density at radius 2 is 1.55 bits per heavy atom. The van der Waals surface area contributed by atoms with Crippen LogP contribution in [0, 0.1) is 0 Å². The average Bonchev–Trinajstić information content (AvgIpc) is 3.20. The van der Waals surface area contributed by atoms with Gasteiger partial charge < -0.3 is 19.0 Å². The van der Waals surface area contributed by atoms with E-state index in [1.54, 1.807) is 19.2 Å². The molecule has 0 saturated carbocycles. The van der Waals surface area contributed by atoms with Gasteiger partial charge in [0.25, 0.3) is 0 Å². The first-order valence-electron chi connectivity index (χ1n) is 9.19. The van der Waals surface area contributed by atoms with E-state index in [0.29, 0.717) is 17.1 Å². The van der Waals surface area contributed by atoms with Gasteiger partial charge in [-0.1, -0.05) is 72.8 Å². The average molecular weight is 388 g/mol. The summed E-state index contributed by atoms with van der Waals surface area (Å²) in [5.41, 5.74) is 1.35. The van der Waals surface area contributed by atoms with Gasteiger partial charge in [-0.25, -0.2) is 4.79 Å². The highest BCUT2D eigenvalue weighted by molar-refractivity contribution is 5.84. The molecular weight excluding hydrogens is 368 g/mol. The van der Waals surface area contributed by atoms with Gasteiger partial charge in [0.2, 0.25) is 0 Å². The van der Waals surface area contributed by atoms with E-state index in [-0.39, 0.29) is 0 Å². The zero-order chi connectivity index (χ0) is 20.3. The molecule has 0 aliphatic heterocycles. The van der Waals surface area contributed by atoms with Gasteiger partial charge in [-0.05, 0) is 23.3 Å². The zero-order valence-corrected chi connectivity index (χ0v) is 15.9. The summed E-state index contributed by atoms with van der Waals surface area (Å²) in [6, 6.07) is 27.0. The second-order valence-corrected chi connectivity index (χ2v) is 6.58. The Bertz CT molecular complexity index is 1080. The standard InChI is InChI=1S/C24H20O5/c1-27-24(18-10-4-2-5-11-18,19-12-6-3-7-13-19)21-15-17-9-8-14-20(23(17)29-21)28-16-22(25)26/h2-15H,16H2,1H3,(H,25,26). The van der Waals surface area contributed by atoms with Gasteiger partial charge in [0.1, 0.15) is 5.76 Å². The number of benzene rings is 3. The third-order valence-corrected chi connectivity index (χ3v) is 4.87. The Kier molecular flexibility index (Phi) is 5.06. The summed E-state index contributed by atoms with van der Waals surface area (Å²) < 4.78 is 17.8. The first-order chi connectivity index (χ1) is 14.1. The largest absolute Gasteiger partial charge is 0.479 e. The van der Waals surface area contributed by atoms with Crippen LogP contribution < -0.4 is 4.74 Å². The van der Waals surface area contributed by atoms with Crippen LogP contribution in [0.4, 0.5) is 0 Å². The Hall–Kier alpha value is -3.57. The van der Waals surface area contributed by atoms with Crippen LogP contribution in [0.3, 0.4) is 0 Å². The Morgan fingerprint density at radius 3 is 2.10 bits per heavy atom. The van der Waals surface area contributed by atoms with Crippen molar-refractivity contribution in [3.63, 3.8) is 0 Å². The molecule has 0 amide bonds. The first kappa shape index (κ1) is 18.8. The molecule has 0 fully saturated rings. The number of carboxylic acid groups (broad SMARTS) is 1. The number of aliphatic carboxylic acids is 1. The molecule has 0 aliphatic carbocycles. The van der Waals surface area contributed by atoms with Crippen molar-refractivity contribution >= 4 is 16.9 Å². The highest BCUT2D eigenvalue weighted by atomic mass is 16.5. The molecule has 0 radical (unpaired) electrons. The molecule has 146 valence electrons. The SMILES string of the molecule is COC(c1ccccc1)(c1ccccc1)c1cc2cccc(OCC(=O)O)c2o1. The second-order valence-electron chi connectivity index (χ2n) is 6.58. The van der Waals surface area contributed by atoms with Gasteiger partial charge in [-0.2, -0.15) is 0 Å². The minimum atomic E-state index is -1.05. The summed E-state index contributed by atoms with van der Waals surface area (Å²) in [7, 11) is 1.65. The van der Waals surface area contributed by atoms with E-state index in [0.717, 1.165) is 16.5 Å². The molecule has 5 heteroatoms. The fraction of sp³-hybridized carbons (Fsp3) is 0.125. The summed E-state index contributed by atoms with van der Waals surface area (Å²) in [6.45, 7) is -0.443. The quantitative estimate of drug-likeness (QED) is 0.491. The molecule has 0 aliphatic rings.